The fraction of sp³-hybridized carbons (Fsp3) is 0.200. The summed E-state index contributed by atoms with van der Waals surface area (Å²) in [6.07, 6.45) is 4.15. The highest BCUT2D eigenvalue weighted by Gasteiger charge is 2.30. The van der Waals surface area contributed by atoms with Crippen LogP contribution in [0.15, 0.2) is 79.1 Å². The molecule has 0 aliphatic carbocycles. The molecule has 3 heterocycles. The molecule has 0 spiro atoms. The van der Waals surface area contributed by atoms with E-state index < -0.39 is 0 Å². The zero-order valence-electron chi connectivity index (χ0n) is 21.1. The Morgan fingerprint density at radius 1 is 0.946 bits per heavy atom. The highest BCUT2D eigenvalue weighted by molar-refractivity contribution is 6.12. The Kier molecular flexibility index (Phi) is 6.68. The number of nitrogens with zero attached hydrogens (tertiary/aromatic N) is 4. The van der Waals surface area contributed by atoms with Crippen molar-refractivity contribution >= 4 is 29.0 Å². The molecule has 0 saturated carbocycles. The summed E-state index contributed by atoms with van der Waals surface area (Å²) in [6, 6.07) is 21.1. The van der Waals surface area contributed by atoms with E-state index in [0.717, 1.165) is 33.9 Å². The van der Waals surface area contributed by atoms with Crippen molar-refractivity contribution < 1.29 is 14.3 Å². The lowest BCUT2D eigenvalue weighted by atomic mass is 10.0. The van der Waals surface area contributed by atoms with Crippen molar-refractivity contribution in [2.45, 2.75) is 20.3 Å². The summed E-state index contributed by atoms with van der Waals surface area (Å²) in [6.45, 7) is 4.68. The van der Waals surface area contributed by atoms with Gasteiger partial charge in [0.05, 0.1) is 17.9 Å². The van der Waals surface area contributed by atoms with Crippen molar-refractivity contribution in [2.75, 3.05) is 30.0 Å². The van der Waals surface area contributed by atoms with Gasteiger partial charge >= 0.3 is 0 Å². The third-order valence-electron chi connectivity index (χ3n) is 6.55. The molecule has 186 valence electrons. The molecule has 1 aliphatic rings. The van der Waals surface area contributed by atoms with Gasteiger partial charge in [-0.2, -0.15) is 0 Å². The average molecular weight is 493 g/mol. The number of hydrogen-bond donors (Lipinski definition) is 0. The first-order chi connectivity index (χ1) is 18.0. The van der Waals surface area contributed by atoms with E-state index in [-0.39, 0.29) is 11.7 Å². The van der Waals surface area contributed by atoms with Gasteiger partial charge in [-0.25, -0.2) is 9.97 Å². The smallest absolute Gasteiger partial charge is 0.261 e. The van der Waals surface area contributed by atoms with Gasteiger partial charge in [0.1, 0.15) is 11.6 Å². The molecule has 37 heavy (non-hydrogen) atoms. The van der Waals surface area contributed by atoms with E-state index in [1.807, 2.05) is 78.6 Å². The van der Waals surface area contributed by atoms with E-state index in [9.17, 15) is 9.59 Å². The van der Waals surface area contributed by atoms with Crippen LogP contribution in [0.2, 0.25) is 0 Å². The van der Waals surface area contributed by atoms with E-state index in [1.165, 1.54) is 0 Å². The largest absolute Gasteiger partial charge is 0.493 e. The van der Waals surface area contributed by atoms with Gasteiger partial charge in [-0.05, 0) is 60.9 Å². The fourth-order valence-electron chi connectivity index (χ4n) is 4.49. The lowest BCUT2D eigenvalue weighted by Gasteiger charge is -2.22. The molecule has 0 unspecified atom stereocenters. The normalized spacial score (nSPS) is 12.6. The second-order valence-corrected chi connectivity index (χ2v) is 8.93. The Balaban J connectivity index is 1.27. The Hall–Kier alpha value is -4.52. The summed E-state index contributed by atoms with van der Waals surface area (Å²) >= 11 is 0. The van der Waals surface area contributed by atoms with E-state index in [2.05, 4.69) is 9.97 Å². The molecule has 2 aromatic heterocycles. The number of carbonyl (C=O) groups excluding carboxylic acids is 2. The highest BCUT2D eigenvalue weighted by Crippen LogP contribution is 2.37. The van der Waals surface area contributed by atoms with Gasteiger partial charge in [0, 0.05) is 38.0 Å². The maximum absolute atomic E-state index is 13.3. The van der Waals surface area contributed by atoms with Crippen molar-refractivity contribution in [1.82, 2.24) is 9.97 Å². The lowest BCUT2D eigenvalue weighted by Crippen LogP contribution is -2.25. The van der Waals surface area contributed by atoms with Gasteiger partial charge in [0.25, 0.3) is 5.91 Å². The Morgan fingerprint density at radius 3 is 2.32 bits per heavy atom. The average Bonchev–Trinajstić information content (AvgIpc) is 3.02. The van der Waals surface area contributed by atoms with Crippen molar-refractivity contribution in [2.24, 2.45) is 0 Å². The predicted octanol–water partition coefficient (Wildman–Crippen LogP) is 5.72. The number of ketones is 1. The summed E-state index contributed by atoms with van der Waals surface area (Å²) < 4.78 is 5.97. The van der Waals surface area contributed by atoms with Gasteiger partial charge in [-0.1, -0.05) is 36.4 Å². The second kappa shape index (κ2) is 10.2. The van der Waals surface area contributed by atoms with Crippen LogP contribution in [0, 0.1) is 0 Å². The van der Waals surface area contributed by atoms with Crippen LogP contribution in [0.3, 0.4) is 0 Å². The SMILES string of the molecule is CCN1c2ncc(CCOc3ccc(-c4ccc(C(C)=O)cc4)cc3)cc2C(=O)N(C)c2cccnc21. The van der Waals surface area contributed by atoms with Gasteiger partial charge in [0.15, 0.2) is 11.6 Å². The first-order valence-electron chi connectivity index (χ1n) is 12.3. The van der Waals surface area contributed by atoms with Crippen LogP contribution in [0.1, 0.15) is 40.1 Å². The maximum atomic E-state index is 13.3. The zero-order valence-corrected chi connectivity index (χ0v) is 21.1. The van der Waals surface area contributed by atoms with Crippen LogP contribution in [0.4, 0.5) is 17.3 Å². The van der Waals surface area contributed by atoms with Crippen molar-refractivity contribution in [1.29, 1.82) is 0 Å². The molecule has 2 aromatic carbocycles. The molecule has 1 aliphatic heterocycles. The Bertz CT molecular complexity index is 1450. The van der Waals surface area contributed by atoms with Gasteiger partial charge in [-0.15, -0.1) is 0 Å². The van der Waals surface area contributed by atoms with Crippen LogP contribution in [0.25, 0.3) is 11.1 Å². The fourth-order valence-corrected chi connectivity index (χ4v) is 4.49. The van der Waals surface area contributed by atoms with Crippen LogP contribution < -0.4 is 14.5 Å². The number of fused-ring (bicyclic) bond motifs is 2. The van der Waals surface area contributed by atoms with Crippen molar-refractivity contribution in [3.05, 3.63) is 95.8 Å². The Labute approximate surface area is 216 Å². The number of ether oxygens (including phenoxy) is 1. The number of rotatable bonds is 7. The monoisotopic (exact) mass is 492 g/mol. The third-order valence-corrected chi connectivity index (χ3v) is 6.55. The summed E-state index contributed by atoms with van der Waals surface area (Å²) in [4.78, 5) is 37.6. The quantitative estimate of drug-likeness (QED) is 0.307. The first-order valence-corrected chi connectivity index (χ1v) is 12.3. The zero-order chi connectivity index (χ0) is 25.9. The topological polar surface area (TPSA) is 75.6 Å². The van der Waals surface area contributed by atoms with Crippen LogP contribution in [0.5, 0.6) is 5.75 Å². The standard InChI is InChI=1S/C30H28N4O3/c1-4-34-28-26(30(36)33(3)27-6-5-16-31-29(27)34)18-21(19-32-28)15-17-37-25-13-11-24(12-14-25)23-9-7-22(8-10-23)20(2)35/h5-14,16,18-19H,4,15,17H2,1-3H3. The van der Waals surface area contributed by atoms with E-state index in [0.29, 0.717) is 36.5 Å². The number of aromatic nitrogens is 2. The van der Waals surface area contributed by atoms with Crippen molar-refractivity contribution in [3.8, 4) is 16.9 Å². The Morgan fingerprint density at radius 2 is 1.65 bits per heavy atom. The van der Waals surface area contributed by atoms with E-state index in [4.69, 9.17) is 4.74 Å². The summed E-state index contributed by atoms with van der Waals surface area (Å²) in [5, 5.41) is 0. The maximum Gasteiger partial charge on any atom is 0.261 e. The third kappa shape index (κ3) is 4.80. The molecule has 0 atom stereocenters. The number of pyridine rings is 2. The first kappa shape index (κ1) is 24.2. The molecule has 0 bridgehead atoms. The summed E-state index contributed by atoms with van der Waals surface area (Å²) in [5.74, 6) is 2.06. The molecule has 0 radical (unpaired) electrons. The number of amides is 1. The number of anilines is 3. The number of hydrogen-bond acceptors (Lipinski definition) is 6. The molecule has 0 fully saturated rings. The predicted molar refractivity (Wildman–Crippen MR) is 145 cm³/mol. The number of Topliss-reactive ketones (excluding diaryl/α,β-unsaturated/α-hetero) is 1. The molecule has 0 saturated heterocycles. The van der Waals surface area contributed by atoms with Crippen molar-refractivity contribution in [3.63, 3.8) is 0 Å². The highest BCUT2D eigenvalue weighted by atomic mass is 16.5. The molecular weight excluding hydrogens is 464 g/mol. The van der Waals surface area contributed by atoms with Crippen LogP contribution >= 0.6 is 0 Å². The van der Waals surface area contributed by atoms with Crippen LogP contribution in [-0.2, 0) is 6.42 Å². The number of benzene rings is 2. The van der Waals surface area contributed by atoms with Gasteiger partial charge in [0.2, 0.25) is 0 Å². The number of carbonyl (C=O) groups is 2. The molecule has 7 heteroatoms. The molecule has 5 rings (SSSR count). The minimum Gasteiger partial charge on any atom is -0.493 e. The lowest BCUT2D eigenvalue weighted by molar-refractivity contribution is 0.0991. The molecular formula is C30H28N4O3. The molecule has 4 aromatic rings. The van der Waals surface area contributed by atoms with E-state index >= 15 is 0 Å². The van der Waals surface area contributed by atoms with Crippen LogP contribution in [-0.4, -0.2) is 41.9 Å². The summed E-state index contributed by atoms with van der Waals surface area (Å²) in [7, 11) is 1.77. The van der Waals surface area contributed by atoms with Gasteiger partial charge < -0.3 is 14.5 Å². The second-order valence-electron chi connectivity index (χ2n) is 8.93. The minimum absolute atomic E-state index is 0.0566. The van der Waals surface area contributed by atoms with E-state index in [1.54, 1.807) is 31.3 Å². The molecule has 0 N–H and O–H groups in total. The molecule has 7 nitrogen and oxygen atoms in total. The summed E-state index contributed by atoms with van der Waals surface area (Å²) in [5.41, 5.74) is 5.04. The molecule has 1 amide bonds. The minimum atomic E-state index is -0.109. The van der Waals surface area contributed by atoms with Gasteiger partial charge in [-0.3, -0.25) is 9.59 Å².